The van der Waals surface area contributed by atoms with Crippen LogP contribution in [-0.4, -0.2) is 35.0 Å². The number of carboxylic acids is 2. The average Bonchev–Trinajstić information content (AvgIpc) is 2.45. The molecular weight excluding hydrogens is 280 g/mol. The molecule has 0 spiro atoms. The predicted octanol–water partition coefficient (Wildman–Crippen LogP) is -0.567. The summed E-state index contributed by atoms with van der Waals surface area (Å²) < 4.78 is 0. The fraction of sp³-hybridized carbons (Fsp3) is 0. The van der Waals surface area contributed by atoms with Gasteiger partial charge in [0.1, 0.15) is 0 Å². The molecule has 0 radical (unpaired) electrons. The maximum absolute atomic E-state index is 10.9. The smallest absolute Gasteiger partial charge is 0.545 e. The molecule has 0 bridgehead atoms. The molecular formula is C16H8MgO4. The second kappa shape index (κ2) is 7.48. The Morgan fingerprint density at radius 1 is 0.762 bits per heavy atom. The number of hydrogen-bond acceptors (Lipinski definition) is 4. The molecule has 2 aromatic carbocycles. The van der Waals surface area contributed by atoms with Crippen molar-refractivity contribution in [2.24, 2.45) is 0 Å². The molecule has 21 heavy (non-hydrogen) atoms. The molecule has 0 saturated heterocycles. The fourth-order valence-electron chi connectivity index (χ4n) is 1.63. The summed E-state index contributed by atoms with van der Waals surface area (Å²) in [7, 11) is 0. The molecule has 4 nitrogen and oxygen atoms in total. The van der Waals surface area contributed by atoms with Gasteiger partial charge in [0.05, 0.1) is 11.9 Å². The summed E-state index contributed by atoms with van der Waals surface area (Å²) in [4.78, 5) is 21.7. The van der Waals surface area contributed by atoms with E-state index in [9.17, 15) is 19.8 Å². The molecule has 0 fully saturated rings. The minimum Gasteiger partial charge on any atom is -0.545 e. The summed E-state index contributed by atoms with van der Waals surface area (Å²) >= 11 is 0. The van der Waals surface area contributed by atoms with Crippen molar-refractivity contribution in [3.8, 4) is 11.8 Å². The summed E-state index contributed by atoms with van der Waals surface area (Å²) in [6.45, 7) is 0. The van der Waals surface area contributed by atoms with Crippen molar-refractivity contribution in [1.82, 2.24) is 0 Å². The maximum Gasteiger partial charge on any atom is 2.00 e. The number of hydrogen-bond donors (Lipinski definition) is 0. The molecule has 2 rings (SSSR count). The van der Waals surface area contributed by atoms with Gasteiger partial charge in [-0.05, 0) is 24.3 Å². The first-order valence-electron chi connectivity index (χ1n) is 5.72. The summed E-state index contributed by atoms with van der Waals surface area (Å²) in [5.74, 6) is 2.48. The van der Waals surface area contributed by atoms with Crippen molar-refractivity contribution >= 4 is 35.0 Å². The molecule has 2 aromatic rings. The zero-order valence-corrected chi connectivity index (χ0v) is 12.4. The van der Waals surface area contributed by atoms with Crippen LogP contribution in [0.5, 0.6) is 0 Å². The average molecular weight is 289 g/mol. The van der Waals surface area contributed by atoms with Gasteiger partial charge in [0.25, 0.3) is 0 Å². The second-order valence-corrected chi connectivity index (χ2v) is 3.95. The summed E-state index contributed by atoms with van der Waals surface area (Å²) in [5, 5.41) is 21.7. The minimum absolute atomic E-state index is 0. The third kappa shape index (κ3) is 4.34. The Morgan fingerprint density at radius 2 is 1.33 bits per heavy atom. The van der Waals surface area contributed by atoms with Crippen molar-refractivity contribution < 1.29 is 19.8 Å². The van der Waals surface area contributed by atoms with Crippen LogP contribution in [0.2, 0.25) is 0 Å². The number of carboxylic acid groups (broad SMARTS) is 2. The Balaban J connectivity index is 0.00000220. The Hall–Kier alpha value is -2.29. The van der Waals surface area contributed by atoms with Crippen LogP contribution in [0.25, 0.3) is 0 Å². The van der Waals surface area contributed by atoms with Crippen LogP contribution in [0.4, 0.5) is 0 Å². The third-order valence-electron chi connectivity index (χ3n) is 2.58. The van der Waals surface area contributed by atoms with Crippen LogP contribution < -0.4 is 10.2 Å². The van der Waals surface area contributed by atoms with Gasteiger partial charge in [0.15, 0.2) is 0 Å². The molecule has 0 aliphatic carbocycles. The number of benzene rings is 2. The molecule has 5 heteroatoms. The van der Waals surface area contributed by atoms with E-state index in [1.165, 1.54) is 6.07 Å². The molecule has 0 N–H and O–H groups in total. The van der Waals surface area contributed by atoms with Crippen LogP contribution in [0, 0.1) is 11.8 Å². The van der Waals surface area contributed by atoms with Crippen molar-refractivity contribution in [1.29, 1.82) is 0 Å². The van der Waals surface area contributed by atoms with E-state index in [0.717, 1.165) is 17.7 Å². The number of aromatic carboxylic acids is 2. The first-order chi connectivity index (χ1) is 9.58. The molecule has 0 aliphatic heterocycles. The SMILES string of the molecule is O=C([O-])c1ccc(C#Cc2ccccc2)cc1C(=O)[O-].[Mg+2]. The first kappa shape index (κ1) is 16.8. The van der Waals surface area contributed by atoms with E-state index in [1.807, 2.05) is 30.3 Å². The van der Waals surface area contributed by atoms with Gasteiger partial charge in [-0.15, -0.1) is 0 Å². The molecule has 0 aliphatic rings. The summed E-state index contributed by atoms with van der Waals surface area (Å²) in [6, 6.07) is 12.9. The zero-order valence-electron chi connectivity index (χ0n) is 11.0. The van der Waals surface area contributed by atoms with Gasteiger partial charge >= 0.3 is 23.1 Å². The van der Waals surface area contributed by atoms with Gasteiger partial charge in [-0.3, -0.25) is 0 Å². The van der Waals surface area contributed by atoms with Gasteiger partial charge in [0, 0.05) is 22.3 Å². The van der Waals surface area contributed by atoms with Crippen LogP contribution in [0.15, 0.2) is 48.5 Å². The van der Waals surface area contributed by atoms with Crippen LogP contribution in [0.3, 0.4) is 0 Å². The zero-order chi connectivity index (χ0) is 14.5. The van der Waals surface area contributed by atoms with Gasteiger partial charge in [-0.2, -0.15) is 0 Å². The topological polar surface area (TPSA) is 80.3 Å². The molecule has 0 atom stereocenters. The minimum atomic E-state index is -1.58. The van der Waals surface area contributed by atoms with Crippen molar-refractivity contribution in [2.75, 3.05) is 0 Å². The Kier molecular flexibility index (Phi) is 5.97. The van der Waals surface area contributed by atoms with E-state index < -0.39 is 23.1 Å². The van der Waals surface area contributed by atoms with E-state index in [1.54, 1.807) is 0 Å². The Bertz CT molecular complexity index is 727. The number of carbonyl (C=O) groups excluding carboxylic acids is 2. The molecule has 0 saturated carbocycles. The van der Waals surface area contributed by atoms with Crippen LogP contribution in [0.1, 0.15) is 31.8 Å². The van der Waals surface area contributed by atoms with Gasteiger partial charge < -0.3 is 19.8 Å². The Morgan fingerprint density at radius 3 is 1.90 bits per heavy atom. The van der Waals surface area contributed by atoms with E-state index in [-0.39, 0.29) is 23.1 Å². The number of carbonyl (C=O) groups is 2. The summed E-state index contributed by atoms with van der Waals surface area (Å²) in [5.41, 5.74) is 0.296. The molecule has 0 aromatic heterocycles. The quantitative estimate of drug-likeness (QED) is 0.548. The van der Waals surface area contributed by atoms with Crippen LogP contribution in [-0.2, 0) is 0 Å². The number of rotatable bonds is 2. The van der Waals surface area contributed by atoms with E-state index in [0.29, 0.717) is 5.56 Å². The van der Waals surface area contributed by atoms with Crippen LogP contribution >= 0.6 is 0 Å². The van der Waals surface area contributed by atoms with Gasteiger partial charge in [0.2, 0.25) is 0 Å². The molecule has 98 valence electrons. The van der Waals surface area contributed by atoms with E-state index >= 15 is 0 Å². The van der Waals surface area contributed by atoms with Crippen molar-refractivity contribution in [3.63, 3.8) is 0 Å². The first-order valence-corrected chi connectivity index (χ1v) is 5.72. The normalized spacial score (nSPS) is 8.95. The van der Waals surface area contributed by atoms with E-state index in [2.05, 4.69) is 11.8 Å². The van der Waals surface area contributed by atoms with Crippen molar-refractivity contribution in [3.05, 3.63) is 70.8 Å². The standard InChI is InChI=1S/C16H10O4.Mg/c17-15(18)13-9-8-12(10-14(13)16(19)20)7-6-11-4-2-1-3-5-11;/h1-5,8-10H,(H,17,18)(H,19,20);/q;+2/p-2. The van der Waals surface area contributed by atoms with E-state index in [4.69, 9.17) is 0 Å². The third-order valence-corrected chi connectivity index (χ3v) is 2.58. The monoisotopic (exact) mass is 288 g/mol. The Labute approximate surface area is 137 Å². The summed E-state index contributed by atoms with van der Waals surface area (Å²) in [6.07, 6.45) is 0. The maximum atomic E-state index is 10.9. The van der Waals surface area contributed by atoms with Crippen molar-refractivity contribution in [2.45, 2.75) is 0 Å². The molecule has 0 unspecified atom stereocenters. The van der Waals surface area contributed by atoms with Gasteiger partial charge in [-0.1, -0.05) is 36.1 Å². The largest absolute Gasteiger partial charge is 2.00 e. The molecule has 0 amide bonds. The van der Waals surface area contributed by atoms with Gasteiger partial charge in [-0.25, -0.2) is 0 Å². The predicted molar refractivity (Wildman–Crippen MR) is 73.3 cm³/mol. The molecule has 0 heterocycles. The fourth-order valence-corrected chi connectivity index (χ4v) is 1.63. The second-order valence-electron chi connectivity index (χ2n) is 3.95.